The van der Waals surface area contributed by atoms with Crippen LogP contribution in [-0.2, 0) is 0 Å². The number of rotatable bonds is 2. The molecule has 1 amide bonds. The number of likely N-dealkylation sites (N-methyl/N-ethyl adjacent to an activating group) is 1. The Morgan fingerprint density at radius 1 is 1.19 bits per heavy atom. The van der Waals surface area contributed by atoms with Gasteiger partial charge in [-0.1, -0.05) is 11.3 Å². The van der Waals surface area contributed by atoms with Crippen molar-refractivity contribution in [3.63, 3.8) is 0 Å². The fourth-order valence-corrected chi connectivity index (χ4v) is 3.62. The second-order valence-corrected chi connectivity index (χ2v) is 6.52. The molecule has 0 spiro atoms. The molecule has 2 aliphatic heterocycles. The number of anilines is 2. The van der Waals surface area contributed by atoms with Crippen LogP contribution >= 0.6 is 11.3 Å². The fourth-order valence-electron chi connectivity index (χ4n) is 2.62. The molecule has 0 aromatic carbocycles. The average molecular weight is 310 g/mol. The fraction of sp³-hybridized carbons (Fsp3) is 0.692. The predicted octanol–water partition coefficient (Wildman–Crippen LogP) is -0.477. The van der Waals surface area contributed by atoms with Crippen molar-refractivity contribution in [3.05, 3.63) is 4.88 Å². The van der Waals surface area contributed by atoms with E-state index in [-0.39, 0.29) is 5.91 Å². The van der Waals surface area contributed by atoms with Crippen molar-refractivity contribution in [2.75, 3.05) is 70.0 Å². The van der Waals surface area contributed by atoms with Crippen LogP contribution in [-0.4, -0.2) is 80.1 Å². The lowest BCUT2D eigenvalue weighted by Gasteiger charge is -2.32. The van der Waals surface area contributed by atoms with Gasteiger partial charge in [0.2, 0.25) is 0 Å². The maximum atomic E-state index is 12.5. The van der Waals surface area contributed by atoms with Crippen molar-refractivity contribution >= 4 is 28.2 Å². The third-order valence-electron chi connectivity index (χ3n) is 4.01. The van der Waals surface area contributed by atoms with Gasteiger partial charge in [0, 0.05) is 52.4 Å². The summed E-state index contributed by atoms with van der Waals surface area (Å²) in [6.45, 7) is 7.06. The molecule has 3 rings (SSSR count). The molecule has 7 nitrogen and oxygen atoms in total. The van der Waals surface area contributed by atoms with Crippen LogP contribution < -0.4 is 16.0 Å². The van der Waals surface area contributed by atoms with Gasteiger partial charge in [0.25, 0.3) is 5.91 Å². The molecular formula is C13H22N6OS. The maximum Gasteiger partial charge on any atom is 0.267 e. The van der Waals surface area contributed by atoms with Gasteiger partial charge in [-0.25, -0.2) is 4.98 Å². The summed E-state index contributed by atoms with van der Waals surface area (Å²) in [5.41, 5.74) is 5.98. The van der Waals surface area contributed by atoms with E-state index in [1.807, 2.05) is 4.90 Å². The molecule has 0 aliphatic carbocycles. The first kappa shape index (κ1) is 14.6. The van der Waals surface area contributed by atoms with Crippen molar-refractivity contribution in [1.29, 1.82) is 0 Å². The first-order valence-electron chi connectivity index (χ1n) is 7.35. The topological polar surface area (TPSA) is 77.7 Å². The van der Waals surface area contributed by atoms with Crippen molar-refractivity contribution in [1.82, 2.24) is 20.1 Å². The van der Waals surface area contributed by atoms with Gasteiger partial charge >= 0.3 is 0 Å². The zero-order valence-electron chi connectivity index (χ0n) is 12.3. The van der Waals surface area contributed by atoms with Crippen molar-refractivity contribution in [2.24, 2.45) is 0 Å². The number of nitrogen functional groups attached to an aromatic ring is 1. The third-order valence-corrected chi connectivity index (χ3v) is 5.13. The molecule has 0 radical (unpaired) electrons. The summed E-state index contributed by atoms with van der Waals surface area (Å²) in [4.78, 5) is 23.9. The van der Waals surface area contributed by atoms with Gasteiger partial charge in [-0.15, -0.1) is 0 Å². The molecule has 2 fully saturated rings. The molecule has 0 unspecified atom stereocenters. The van der Waals surface area contributed by atoms with Crippen LogP contribution in [0.5, 0.6) is 0 Å². The van der Waals surface area contributed by atoms with Crippen molar-refractivity contribution in [2.45, 2.75) is 0 Å². The summed E-state index contributed by atoms with van der Waals surface area (Å²) < 4.78 is 0. The molecule has 2 saturated heterocycles. The number of nitrogens with zero attached hydrogens (tertiary/aromatic N) is 4. The number of nitrogens with one attached hydrogen (secondary N) is 1. The van der Waals surface area contributed by atoms with E-state index in [1.54, 1.807) is 0 Å². The highest BCUT2D eigenvalue weighted by Crippen LogP contribution is 2.29. The van der Waals surface area contributed by atoms with Crippen LogP contribution in [0.4, 0.5) is 10.9 Å². The lowest BCUT2D eigenvalue weighted by molar-refractivity contribution is 0.0741. The monoisotopic (exact) mass is 310 g/mol. The van der Waals surface area contributed by atoms with Crippen LogP contribution in [0.3, 0.4) is 0 Å². The van der Waals surface area contributed by atoms with Gasteiger partial charge < -0.3 is 25.8 Å². The second kappa shape index (κ2) is 6.17. The minimum absolute atomic E-state index is 0.0203. The summed E-state index contributed by atoms with van der Waals surface area (Å²) in [5.74, 6) is 0.393. The van der Waals surface area contributed by atoms with E-state index in [4.69, 9.17) is 5.73 Å². The summed E-state index contributed by atoms with van der Waals surface area (Å²) in [7, 11) is 2.12. The number of thiazole rings is 1. The summed E-state index contributed by atoms with van der Waals surface area (Å²) >= 11 is 1.43. The van der Waals surface area contributed by atoms with Gasteiger partial charge in [0.15, 0.2) is 5.13 Å². The second-order valence-electron chi connectivity index (χ2n) is 5.54. The van der Waals surface area contributed by atoms with Gasteiger partial charge in [0.1, 0.15) is 10.7 Å². The normalized spacial score (nSPS) is 20.8. The Bertz CT molecular complexity index is 505. The lowest BCUT2D eigenvalue weighted by atomic mass is 10.3. The van der Waals surface area contributed by atoms with Crippen molar-refractivity contribution < 1.29 is 4.79 Å². The zero-order chi connectivity index (χ0) is 14.8. The smallest absolute Gasteiger partial charge is 0.267 e. The molecule has 116 valence electrons. The average Bonchev–Trinajstić information content (AvgIpc) is 2.90. The highest BCUT2D eigenvalue weighted by molar-refractivity contribution is 7.18. The number of nitrogens with two attached hydrogens (primary N) is 1. The third kappa shape index (κ3) is 3.12. The Labute approximate surface area is 128 Å². The largest absolute Gasteiger partial charge is 0.382 e. The summed E-state index contributed by atoms with van der Waals surface area (Å²) in [5, 5.41) is 4.12. The number of amides is 1. The van der Waals surface area contributed by atoms with E-state index < -0.39 is 0 Å². The summed E-state index contributed by atoms with van der Waals surface area (Å²) in [6, 6.07) is 0. The standard InChI is InChI=1S/C13H22N6OS/c1-17-6-8-19(9-7-17)13-16-11(14)10(21-13)12(20)18-4-2-15-3-5-18/h15H,2-9,14H2,1H3. The molecular weight excluding hydrogens is 288 g/mol. The SMILES string of the molecule is CN1CCN(c2nc(N)c(C(=O)N3CCNCC3)s2)CC1. The van der Waals surface area contributed by atoms with Gasteiger partial charge in [0.05, 0.1) is 0 Å². The first-order chi connectivity index (χ1) is 10.1. The van der Waals surface area contributed by atoms with E-state index in [2.05, 4.69) is 27.1 Å². The van der Waals surface area contributed by atoms with Crippen LogP contribution in [0.15, 0.2) is 0 Å². The molecule has 1 aromatic rings. The van der Waals surface area contributed by atoms with Crippen molar-refractivity contribution in [3.8, 4) is 0 Å². The number of piperazine rings is 2. The van der Waals surface area contributed by atoms with Crippen LogP contribution in [0.1, 0.15) is 9.67 Å². The maximum absolute atomic E-state index is 12.5. The van der Waals surface area contributed by atoms with Gasteiger partial charge in [-0.05, 0) is 7.05 Å². The van der Waals surface area contributed by atoms with E-state index in [9.17, 15) is 4.79 Å². The molecule has 1 aromatic heterocycles. The Hall–Kier alpha value is -1.38. The number of aromatic nitrogens is 1. The first-order valence-corrected chi connectivity index (χ1v) is 8.16. The minimum Gasteiger partial charge on any atom is -0.382 e. The molecule has 21 heavy (non-hydrogen) atoms. The van der Waals surface area contributed by atoms with E-state index >= 15 is 0 Å². The number of carbonyl (C=O) groups excluding carboxylic acids is 1. The predicted molar refractivity (Wildman–Crippen MR) is 85.0 cm³/mol. The van der Waals surface area contributed by atoms with E-state index in [0.717, 1.165) is 57.5 Å². The van der Waals surface area contributed by atoms with Crippen LogP contribution in [0, 0.1) is 0 Å². The lowest BCUT2D eigenvalue weighted by Crippen LogP contribution is -2.46. The Morgan fingerprint density at radius 3 is 2.52 bits per heavy atom. The number of carbonyl (C=O) groups is 1. The van der Waals surface area contributed by atoms with Gasteiger partial charge in [-0.3, -0.25) is 4.79 Å². The minimum atomic E-state index is 0.0203. The van der Waals surface area contributed by atoms with E-state index in [1.165, 1.54) is 11.3 Å². The molecule has 2 aliphatic rings. The Balaban J connectivity index is 1.73. The van der Waals surface area contributed by atoms with Crippen LogP contribution in [0.2, 0.25) is 0 Å². The molecule has 3 heterocycles. The van der Waals surface area contributed by atoms with E-state index in [0.29, 0.717) is 10.7 Å². The Morgan fingerprint density at radius 2 is 1.86 bits per heavy atom. The molecule has 8 heteroatoms. The summed E-state index contributed by atoms with van der Waals surface area (Å²) in [6.07, 6.45) is 0. The molecule has 0 atom stereocenters. The Kier molecular flexibility index (Phi) is 4.27. The highest BCUT2D eigenvalue weighted by Gasteiger charge is 2.25. The van der Waals surface area contributed by atoms with Gasteiger partial charge in [-0.2, -0.15) is 0 Å². The quantitative estimate of drug-likeness (QED) is 0.768. The highest BCUT2D eigenvalue weighted by atomic mass is 32.1. The molecule has 0 saturated carbocycles. The number of hydrogen-bond donors (Lipinski definition) is 2. The van der Waals surface area contributed by atoms with Crippen LogP contribution in [0.25, 0.3) is 0 Å². The number of hydrogen-bond acceptors (Lipinski definition) is 7. The zero-order valence-corrected chi connectivity index (χ0v) is 13.2. The molecule has 0 bridgehead atoms. The molecule has 3 N–H and O–H groups in total.